The van der Waals surface area contributed by atoms with E-state index in [1.54, 1.807) is 11.1 Å². The summed E-state index contributed by atoms with van der Waals surface area (Å²) in [6, 6.07) is 13.8. The van der Waals surface area contributed by atoms with E-state index >= 15 is 0 Å². The quantitative estimate of drug-likeness (QED) is 0.779. The van der Waals surface area contributed by atoms with E-state index in [4.69, 9.17) is 0 Å². The molecule has 2 aromatic carbocycles. The fourth-order valence-electron chi connectivity index (χ4n) is 3.38. The minimum Gasteiger partial charge on any atom is -0.394 e. The smallest absolute Gasteiger partial charge is 0.254 e. The summed E-state index contributed by atoms with van der Waals surface area (Å²) in [4.78, 5) is 14.4. The number of aromatic nitrogens is 2. The van der Waals surface area contributed by atoms with Crippen LogP contribution < -0.4 is 0 Å². The first kappa shape index (κ1) is 14.9. The molecule has 0 radical (unpaired) electrons. The molecule has 3 aromatic rings. The SMILES string of the molecule is O=C(c1ccc(-c2ccc3cn[nH]c3c2)cc1)N1CCC[C@H]1CO. The number of nitrogens with one attached hydrogen (secondary N) is 1. The van der Waals surface area contributed by atoms with Gasteiger partial charge in [-0.15, -0.1) is 0 Å². The number of likely N-dealkylation sites (tertiary alicyclic amines) is 1. The lowest BCUT2D eigenvalue weighted by Gasteiger charge is -2.23. The third-order valence-corrected chi connectivity index (χ3v) is 4.76. The molecular formula is C19H19N3O2. The van der Waals surface area contributed by atoms with E-state index in [1.807, 2.05) is 30.3 Å². The monoisotopic (exact) mass is 321 g/mol. The van der Waals surface area contributed by atoms with Crippen LogP contribution in [-0.2, 0) is 0 Å². The van der Waals surface area contributed by atoms with E-state index in [1.165, 1.54) is 0 Å². The number of H-pyrrole nitrogens is 1. The maximum Gasteiger partial charge on any atom is 0.254 e. The van der Waals surface area contributed by atoms with Crippen LogP contribution >= 0.6 is 0 Å². The summed E-state index contributed by atoms with van der Waals surface area (Å²) in [7, 11) is 0. The number of hydrogen-bond acceptors (Lipinski definition) is 3. The predicted octanol–water partition coefficient (Wildman–Crippen LogP) is 2.83. The van der Waals surface area contributed by atoms with Crippen molar-refractivity contribution < 1.29 is 9.90 Å². The molecule has 0 aliphatic carbocycles. The number of hydrogen-bond donors (Lipinski definition) is 2. The zero-order valence-corrected chi connectivity index (χ0v) is 13.3. The third kappa shape index (κ3) is 2.57. The Morgan fingerprint density at radius 2 is 2.00 bits per heavy atom. The lowest BCUT2D eigenvalue weighted by atomic mass is 10.0. The van der Waals surface area contributed by atoms with E-state index in [2.05, 4.69) is 22.3 Å². The first-order valence-corrected chi connectivity index (χ1v) is 8.21. The Hall–Kier alpha value is -2.66. The van der Waals surface area contributed by atoms with Gasteiger partial charge in [0.15, 0.2) is 0 Å². The van der Waals surface area contributed by atoms with Crippen LogP contribution in [0.1, 0.15) is 23.2 Å². The average Bonchev–Trinajstić information content (AvgIpc) is 3.29. The largest absolute Gasteiger partial charge is 0.394 e. The van der Waals surface area contributed by atoms with Gasteiger partial charge in [0.2, 0.25) is 0 Å². The highest BCUT2D eigenvalue weighted by Gasteiger charge is 2.28. The number of carbonyl (C=O) groups excluding carboxylic acids is 1. The molecule has 0 saturated carbocycles. The number of aromatic amines is 1. The lowest BCUT2D eigenvalue weighted by Crippen LogP contribution is -2.37. The van der Waals surface area contributed by atoms with Crippen LogP contribution in [-0.4, -0.2) is 45.3 Å². The zero-order valence-electron chi connectivity index (χ0n) is 13.3. The number of fused-ring (bicyclic) bond motifs is 1. The van der Waals surface area contributed by atoms with Gasteiger partial charge in [-0.25, -0.2) is 0 Å². The van der Waals surface area contributed by atoms with Crippen LogP contribution in [0, 0.1) is 0 Å². The Morgan fingerprint density at radius 1 is 1.21 bits per heavy atom. The van der Waals surface area contributed by atoms with Crippen molar-refractivity contribution in [3.05, 3.63) is 54.2 Å². The summed E-state index contributed by atoms with van der Waals surface area (Å²) < 4.78 is 0. The van der Waals surface area contributed by atoms with E-state index < -0.39 is 0 Å². The molecule has 0 unspecified atom stereocenters. The predicted molar refractivity (Wildman–Crippen MR) is 92.7 cm³/mol. The highest BCUT2D eigenvalue weighted by atomic mass is 16.3. The van der Waals surface area contributed by atoms with Crippen molar-refractivity contribution in [1.82, 2.24) is 15.1 Å². The molecule has 0 bridgehead atoms. The number of amides is 1. The Kier molecular flexibility index (Phi) is 3.78. The first-order chi connectivity index (χ1) is 11.8. The number of aliphatic hydroxyl groups is 1. The molecule has 1 atom stereocenters. The van der Waals surface area contributed by atoms with Crippen LogP contribution in [0.5, 0.6) is 0 Å². The summed E-state index contributed by atoms with van der Waals surface area (Å²) in [5.41, 5.74) is 3.81. The van der Waals surface area contributed by atoms with Crippen molar-refractivity contribution in [2.45, 2.75) is 18.9 Å². The van der Waals surface area contributed by atoms with E-state index in [0.717, 1.165) is 41.4 Å². The van der Waals surface area contributed by atoms with Gasteiger partial charge >= 0.3 is 0 Å². The zero-order chi connectivity index (χ0) is 16.5. The summed E-state index contributed by atoms with van der Waals surface area (Å²) in [5, 5.41) is 17.5. The summed E-state index contributed by atoms with van der Waals surface area (Å²) in [6.07, 6.45) is 3.64. The van der Waals surface area contributed by atoms with Crippen molar-refractivity contribution in [3.63, 3.8) is 0 Å². The molecule has 1 saturated heterocycles. The molecule has 24 heavy (non-hydrogen) atoms. The van der Waals surface area contributed by atoms with Crippen molar-refractivity contribution in [3.8, 4) is 11.1 Å². The second kappa shape index (κ2) is 6.09. The second-order valence-electron chi connectivity index (χ2n) is 6.23. The number of rotatable bonds is 3. The molecule has 1 aromatic heterocycles. The first-order valence-electron chi connectivity index (χ1n) is 8.21. The minimum atomic E-state index is -0.0417. The molecule has 1 fully saturated rings. The van der Waals surface area contributed by atoms with Gasteiger partial charge in [0.1, 0.15) is 0 Å². The second-order valence-corrected chi connectivity index (χ2v) is 6.23. The van der Waals surface area contributed by atoms with Gasteiger partial charge in [-0.05, 0) is 42.2 Å². The molecule has 122 valence electrons. The molecule has 1 aliphatic rings. The summed E-state index contributed by atoms with van der Waals surface area (Å²) in [5.74, 6) is 0.00196. The van der Waals surface area contributed by atoms with Crippen LogP contribution in [0.3, 0.4) is 0 Å². The number of aliphatic hydroxyl groups excluding tert-OH is 1. The van der Waals surface area contributed by atoms with Gasteiger partial charge in [0.05, 0.1) is 24.4 Å². The van der Waals surface area contributed by atoms with E-state index in [9.17, 15) is 9.90 Å². The molecule has 5 nitrogen and oxygen atoms in total. The molecule has 1 aliphatic heterocycles. The fourth-order valence-corrected chi connectivity index (χ4v) is 3.38. The molecular weight excluding hydrogens is 302 g/mol. The summed E-state index contributed by atoms with van der Waals surface area (Å²) >= 11 is 0. The minimum absolute atomic E-state index is 0.00196. The molecule has 5 heteroatoms. The van der Waals surface area contributed by atoms with E-state index in [0.29, 0.717) is 5.56 Å². The number of benzene rings is 2. The Labute approximate surface area is 139 Å². The standard InChI is InChI=1S/C19H19N3O2/c23-12-17-2-1-9-22(17)19(24)14-5-3-13(4-6-14)15-7-8-16-11-20-21-18(16)10-15/h3-8,10-11,17,23H,1-2,9,12H2,(H,20,21)/t17-/m0/s1. The molecule has 0 spiro atoms. The Bertz CT molecular complexity index is 870. The van der Waals surface area contributed by atoms with Gasteiger partial charge in [-0.3, -0.25) is 9.89 Å². The summed E-state index contributed by atoms with van der Waals surface area (Å²) in [6.45, 7) is 0.760. The topological polar surface area (TPSA) is 69.2 Å². The fraction of sp³-hybridized carbons (Fsp3) is 0.263. The van der Waals surface area contributed by atoms with Crippen LogP contribution in [0.15, 0.2) is 48.7 Å². The molecule has 4 rings (SSSR count). The maximum atomic E-state index is 12.6. The van der Waals surface area contributed by atoms with Crippen molar-refractivity contribution >= 4 is 16.8 Å². The Balaban J connectivity index is 1.59. The van der Waals surface area contributed by atoms with Crippen molar-refractivity contribution in [2.24, 2.45) is 0 Å². The highest BCUT2D eigenvalue weighted by molar-refractivity contribution is 5.95. The van der Waals surface area contributed by atoms with Crippen LogP contribution in [0.4, 0.5) is 0 Å². The van der Waals surface area contributed by atoms with Gasteiger partial charge in [-0.1, -0.05) is 24.3 Å². The van der Waals surface area contributed by atoms with Crippen LogP contribution in [0.25, 0.3) is 22.0 Å². The van der Waals surface area contributed by atoms with Gasteiger partial charge < -0.3 is 10.0 Å². The molecule has 2 N–H and O–H groups in total. The van der Waals surface area contributed by atoms with Crippen molar-refractivity contribution in [1.29, 1.82) is 0 Å². The highest BCUT2D eigenvalue weighted by Crippen LogP contribution is 2.25. The van der Waals surface area contributed by atoms with Crippen LogP contribution in [0.2, 0.25) is 0 Å². The average molecular weight is 321 g/mol. The van der Waals surface area contributed by atoms with Gasteiger partial charge in [-0.2, -0.15) is 5.10 Å². The van der Waals surface area contributed by atoms with Gasteiger partial charge in [0.25, 0.3) is 5.91 Å². The lowest BCUT2D eigenvalue weighted by molar-refractivity contribution is 0.0677. The van der Waals surface area contributed by atoms with E-state index in [-0.39, 0.29) is 18.6 Å². The number of carbonyl (C=O) groups is 1. The van der Waals surface area contributed by atoms with Gasteiger partial charge in [0, 0.05) is 17.5 Å². The normalized spacial score (nSPS) is 17.5. The molecule has 1 amide bonds. The maximum absolute atomic E-state index is 12.6. The molecule has 2 heterocycles. The number of nitrogens with zero attached hydrogens (tertiary/aromatic N) is 2. The Morgan fingerprint density at radius 3 is 2.79 bits per heavy atom. The van der Waals surface area contributed by atoms with Crippen molar-refractivity contribution in [2.75, 3.05) is 13.2 Å². The third-order valence-electron chi connectivity index (χ3n) is 4.76.